The third kappa shape index (κ3) is 8.56. The summed E-state index contributed by atoms with van der Waals surface area (Å²) in [7, 11) is 0. The number of carbonyl (C=O) groups is 1. The van der Waals surface area contributed by atoms with Crippen molar-refractivity contribution in [2.24, 2.45) is 0 Å². The quantitative estimate of drug-likeness (QED) is 0.511. The third-order valence-electron chi connectivity index (χ3n) is 3.74. The van der Waals surface area contributed by atoms with Gasteiger partial charge in [-0.3, -0.25) is 0 Å². The van der Waals surface area contributed by atoms with Crippen molar-refractivity contribution < 1.29 is 36.2 Å². The summed E-state index contributed by atoms with van der Waals surface area (Å²) in [5, 5.41) is 8.53. The van der Waals surface area contributed by atoms with Gasteiger partial charge in [-0.15, -0.1) is 0 Å². The Labute approximate surface area is 158 Å². The first-order chi connectivity index (χ1) is 13.1. The van der Waals surface area contributed by atoms with Gasteiger partial charge in [-0.05, 0) is 54.7 Å². The van der Waals surface area contributed by atoms with Crippen LogP contribution in [0.2, 0.25) is 0 Å². The largest absolute Gasteiger partial charge is 0.416 e. The zero-order valence-electron chi connectivity index (χ0n) is 14.9. The molecule has 28 heavy (non-hydrogen) atoms. The van der Waals surface area contributed by atoms with Crippen LogP contribution in [0.5, 0.6) is 0 Å². The fourth-order valence-electron chi connectivity index (χ4n) is 2.23. The maximum Gasteiger partial charge on any atom is 0.416 e. The number of rotatable bonds is 6. The molecule has 0 saturated carbocycles. The van der Waals surface area contributed by atoms with E-state index in [1.165, 1.54) is 24.3 Å². The number of carbonyl (C=O) groups excluding carboxylic acids is 1. The first-order valence-corrected chi connectivity index (χ1v) is 8.44. The molecule has 2 rings (SSSR count). The van der Waals surface area contributed by atoms with Gasteiger partial charge in [-0.1, -0.05) is 24.3 Å². The van der Waals surface area contributed by atoms with Crippen LogP contribution in [0.4, 0.5) is 26.3 Å². The molecule has 0 atom stereocenters. The smallest absolute Gasteiger partial charge is 0.396 e. The number of benzene rings is 2. The van der Waals surface area contributed by atoms with E-state index in [9.17, 15) is 31.1 Å². The predicted molar refractivity (Wildman–Crippen MR) is 92.7 cm³/mol. The van der Waals surface area contributed by atoms with Gasteiger partial charge in [-0.25, -0.2) is 0 Å². The molecule has 0 saturated heterocycles. The second-order valence-electron chi connectivity index (χ2n) is 5.92. The van der Waals surface area contributed by atoms with Crippen molar-refractivity contribution in [1.29, 1.82) is 0 Å². The van der Waals surface area contributed by atoms with Gasteiger partial charge in [0.2, 0.25) is 0 Å². The van der Waals surface area contributed by atoms with Gasteiger partial charge >= 0.3 is 12.4 Å². The fourth-order valence-corrected chi connectivity index (χ4v) is 2.23. The molecule has 0 spiro atoms. The van der Waals surface area contributed by atoms with Crippen LogP contribution in [-0.2, 0) is 30.0 Å². The summed E-state index contributed by atoms with van der Waals surface area (Å²) in [6.07, 6.45) is -5.80. The van der Waals surface area contributed by atoms with Gasteiger partial charge in [0.1, 0.15) is 6.29 Å². The summed E-state index contributed by atoms with van der Waals surface area (Å²) in [5.41, 5.74) is 0.259. The Kier molecular flexibility index (Phi) is 9.18. The molecule has 0 aromatic heterocycles. The molecule has 0 fully saturated rings. The normalized spacial score (nSPS) is 11.5. The van der Waals surface area contributed by atoms with Crippen molar-refractivity contribution in [2.75, 3.05) is 6.61 Å². The third-order valence-corrected chi connectivity index (χ3v) is 3.74. The molecule has 0 unspecified atom stereocenters. The van der Waals surface area contributed by atoms with Crippen molar-refractivity contribution in [2.45, 2.75) is 38.0 Å². The summed E-state index contributed by atoms with van der Waals surface area (Å²) in [6, 6.07) is 9.86. The summed E-state index contributed by atoms with van der Waals surface area (Å²) < 4.78 is 72.7. The van der Waals surface area contributed by atoms with Gasteiger partial charge in [0.05, 0.1) is 11.1 Å². The van der Waals surface area contributed by atoms with E-state index in [1.54, 1.807) is 0 Å². The van der Waals surface area contributed by atoms with Crippen LogP contribution < -0.4 is 0 Å². The second-order valence-corrected chi connectivity index (χ2v) is 5.92. The molecule has 0 heterocycles. The van der Waals surface area contributed by atoms with Gasteiger partial charge in [0.25, 0.3) is 0 Å². The zero-order chi connectivity index (χ0) is 21.2. The fraction of sp³-hybridized carbons (Fsp3) is 0.350. The van der Waals surface area contributed by atoms with E-state index in [2.05, 4.69) is 0 Å². The highest BCUT2D eigenvalue weighted by Gasteiger charge is 2.30. The average molecular weight is 406 g/mol. The SMILES string of the molecule is O=CCCc1ccc(C(F)(F)F)cc1.OCCCc1ccc(C(F)(F)F)cc1. The van der Waals surface area contributed by atoms with E-state index in [0.717, 1.165) is 41.7 Å². The molecule has 2 aromatic rings. The van der Waals surface area contributed by atoms with Gasteiger partial charge in [0.15, 0.2) is 0 Å². The maximum absolute atomic E-state index is 12.1. The molecule has 2 aromatic carbocycles. The van der Waals surface area contributed by atoms with E-state index < -0.39 is 23.5 Å². The molecule has 0 bridgehead atoms. The Morgan fingerprint density at radius 2 is 1.11 bits per heavy atom. The van der Waals surface area contributed by atoms with Crippen LogP contribution in [-0.4, -0.2) is 18.0 Å². The first kappa shape index (κ1) is 23.7. The molecule has 0 aliphatic heterocycles. The van der Waals surface area contributed by atoms with Crippen LogP contribution in [0.15, 0.2) is 48.5 Å². The van der Waals surface area contributed by atoms with Gasteiger partial charge in [-0.2, -0.15) is 26.3 Å². The highest BCUT2D eigenvalue weighted by Crippen LogP contribution is 2.30. The topological polar surface area (TPSA) is 37.3 Å². The number of aryl methyl sites for hydroxylation is 2. The Morgan fingerprint density at radius 1 is 0.714 bits per heavy atom. The minimum Gasteiger partial charge on any atom is -0.396 e. The Bertz CT molecular complexity index is 703. The summed E-state index contributed by atoms with van der Waals surface area (Å²) in [6.45, 7) is 0.0566. The molecule has 0 aliphatic rings. The Hall–Kier alpha value is -2.35. The van der Waals surface area contributed by atoms with E-state index in [0.29, 0.717) is 25.7 Å². The van der Waals surface area contributed by atoms with Crippen LogP contribution in [0.3, 0.4) is 0 Å². The summed E-state index contributed by atoms with van der Waals surface area (Å²) in [5.74, 6) is 0. The highest BCUT2D eigenvalue weighted by molar-refractivity contribution is 5.50. The molecular weight excluding hydrogens is 386 g/mol. The summed E-state index contributed by atoms with van der Waals surface area (Å²) in [4.78, 5) is 10.0. The van der Waals surface area contributed by atoms with E-state index in [-0.39, 0.29) is 6.61 Å². The number of hydrogen-bond donors (Lipinski definition) is 1. The molecule has 0 aliphatic carbocycles. The van der Waals surface area contributed by atoms with Crippen LogP contribution in [0.1, 0.15) is 35.1 Å². The lowest BCUT2D eigenvalue weighted by Crippen LogP contribution is -2.04. The number of aldehydes is 1. The molecule has 1 N–H and O–H groups in total. The molecule has 154 valence electrons. The predicted octanol–water partition coefficient (Wildman–Crippen LogP) is 5.47. The van der Waals surface area contributed by atoms with Crippen LogP contribution in [0.25, 0.3) is 0 Å². The maximum atomic E-state index is 12.1. The van der Waals surface area contributed by atoms with Crippen LogP contribution >= 0.6 is 0 Å². The number of aliphatic hydroxyl groups excluding tert-OH is 1. The molecule has 8 heteroatoms. The van der Waals surface area contributed by atoms with Gasteiger partial charge < -0.3 is 9.90 Å². The molecular formula is C20H20F6O2. The minimum atomic E-state index is -4.29. The lowest BCUT2D eigenvalue weighted by molar-refractivity contribution is -0.138. The lowest BCUT2D eigenvalue weighted by Gasteiger charge is -2.06. The highest BCUT2D eigenvalue weighted by atomic mass is 19.4. The Balaban J connectivity index is 0.000000280. The van der Waals surface area contributed by atoms with E-state index >= 15 is 0 Å². The lowest BCUT2D eigenvalue weighted by atomic mass is 10.1. The van der Waals surface area contributed by atoms with Gasteiger partial charge in [0, 0.05) is 13.0 Å². The Morgan fingerprint density at radius 3 is 1.43 bits per heavy atom. The minimum absolute atomic E-state index is 0.0566. The average Bonchev–Trinajstić information content (AvgIpc) is 2.64. The van der Waals surface area contributed by atoms with E-state index in [4.69, 9.17) is 5.11 Å². The number of hydrogen-bond acceptors (Lipinski definition) is 2. The summed E-state index contributed by atoms with van der Waals surface area (Å²) >= 11 is 0. The van der Waals surface area contributed by atoms with Crippen molar-refractivity contribution in [3.63, 3.8) is 0 Å². The number of halogens is 6. The standard InChI is InChI=1S/C10H11F3O.C10H9F3O/c2*11-10(12,13)9-5-3-8(4-6-9)2-1-7-14/h3-6,14H,1-2,7H2;3-7H,1-2H2. The van der Waals surface area contributed by atoms with Crippen molar-refractivity contribution in [3.8, 4) is 0 Å². The zero-order valence-corrected chi connectivity index (χ0v) is 14.9. The number of aliphatic hydroxyl groups is 1. The monoisotopic (exact) mass is 406 g/mol. The van der Waals surface area contributed by atoms with Crippen molar-refractivity contribution in [1.82, 2.24) is 0 Å². The van der Waals surface area contributed by atoms with Crippen molar-refractivity contribution >= 4 is 6.29 Å². The van der Waals surface area contributed by atoms with E-state index in [1.807, 2.05) is 0 Å². The van der Waals surface area contributed by atoms with Crippen LogP contribution in [0, 0.1) is 0 Å². The van der Waals surface area contributed by atoms with Crippen molar-refractivity contribution in [3.05, 3.63) is 70.8 Å². The first-order valence-electron chi connectivity index (χ1n) is 8.44. The molecule has 2 nitrogen and oxygen atoms in total. The molecule has 0 amide bonds. The second kappa shape index (κ2) is 10.8. The molecule has 0 radical (unpaired) electrons. The number of alkyl halides is 6.